The summed E-state index contributed by atoms with van der Waals surface area (Å²) < 4.78 is 15.8. The van der Waals surface area contributed by atoms with Crippen molar-refractivity contribution in [2.45, 2.75) is 44.6 Å². The average molecular weight is 501 g/mol. The predicted molar refractivity (Wildman–Crippen MR) is 147 cm³/mol. The van der Waals surface area contributed by atoms with Crippen LogP contribution in [-0.4, -0.2) is 58.6 Å². The van der Waals surface area contributed by atoms with E-state index in [0.717, 1.165) is 69.4 Å². The molecule has 192 valence electrons. The molecule has 8 heteroatoms. The summed E-state index contributed by atoms with van der Waals surface area (Å²) in [7, 11) is 0. The van der Waals surface area contributed by atoms with Crippen molar-refractivity contribution < 1.29 is 4.39 Å². The maximum atomic E-state index is 15.8. The van der Waals surface area contributed by atoms with Crippen LogP contribution in [0.2, 0.25) is 0 Å². The summed E-state index contributed by atoms with van der Waals surface area (Å²) in [6.07, 6.45) is 6.77. The molecule has 2 aromatic carbocycles. The van der Waals surface area contributed by atoms with Gasteiger partial charge in [0.2, 0.25) is 0 Å². The van der Waals surface area contributed by atoms with Crippen LogP contribution in [0.5, 0.6) is 0 Å². The summed E-state index contributed by atoms with van der Waals surface area (Å²) in [5, 5.41) is 4.44. The third-order valence-electron chi connectivity index (χ3n) is 8.64. The van der Waals surface area contributed by atoms with Crippen molar-refractivity contribution in [1.82, 2.24) is 19.9 Å². The molecule has 6 heterocycles. The predicted octanol–water partition coefficient (Wildman–Crippen LogP) is 5.10. The van der Waals surface area contributed by atoms with Gasteiger partial charge in [0, 0.05) is 31.1 Å². The Morgan fingerprint density at radius 2 is 1.73 bits per heavy atom. The first-order valence-corrected chi connectivity index (χ1v) is 13.7. The molecule has 0 radical (unpaired) electrons. The van der Waals surface area contributed by atoms with Crippen molar-refractivity contribution in [3.05, 3.63) is 52.6 Å². The van der Waals surface area contributed by atoms with E-state index in [2.05, 4.69) is 25.1 Å². The number of fused-ring (bicyclic) bond motifs is 5. The van der Waals surface area contributed by atoms with Gasteiger partial charge in [0.15, 0.2) is 0 Å². The number of imidazole rings is 1. The number of benzene rings is 2. The second-order valence-electron chi connectivity index (χ2n) is 10.9. The Labute approximate surface area is 215 Å². The Bertz CT molecular complexity index is 1480. The van der Waals surface area contributed by atoms with E-state index < -0.39 is 0 Å². The van der Waals surface area contributed by atoms with Crippen molar-refractivity contribution in [3.8, 4) is 11.4 Å². The molecule has 4 aliphatic rings. The van der Waals surface area contributed by atoms with Gasteiger partial charge in [-0.1, -0.05) is 25.0 Å². The van der Waals surface area contributed by atoms with E-state index in [9.17, 15) is 4.79 Å². The summed E-state index contributed by atoms with van der Waals surface area (Å²) in [6.45, 7) is 4.88. The van der Waals surface area contributed by atoms with Crippen LogP contribution in [-0.2, 0) is 0 Å². The topological polar surface area (TPSA) is 80.1 Å². The van der Waals surface area contributed by atoms with Gasteiger partial charge >= 0.3 is 0 Å². The van der Waals surface area contributed by atoms with Gasteiger partial charge in [-0.25, -0.2) is 9.37 Å². The van der Waals surface area contributed by atoms with Crippen molar-refractivity contribution in [1.29, 1.82) is 0 Å². The molecule has 7 nitrogen and oxygen atoms in total. The van der Waals surface area contributed by atoms with Gasteiger partial charge in [0.1, 0.15) is 17.2 Å². The van der Waals surface area contributed by atoms with Gasteiger partial charge in [-0.15, -0.1) is 0 Å². The van der Waals surface area contributed by atoms with Crippen molar-refractivity contribution in [2.75, 3.05) is 42.9 Å². The van der Waals surface area contributed by atoms with Gasteiger partial charge < -0.3 is 25.1 Å². The number of H-pyrrole nitrogens is 2. The summed E-state index contributed by atoms with van der Waals surface area (Å²) in [6, 6.07) is 11.4. The quantitative estimate of drug-likeness (QED) is 0.363. The Hall–Kier alpha value is -3.39. The summed E-state index contributed by atoms with van der Waals surface area (Å²) >= 11 is 0. The molecule has 8 rings (SSSR count). The Balaban J connectivity index is 1.40. The minimum absolute atomic E-state index is 0.212. The number of piperidine rings is 3. The number of aromatic nitrogens is 3. The SMILES string of the molecule is O=c1[nH]c2cc(N3CCCCCC3)c(F)cc2c(N[C@@H]2CN3CCC2CC3)c1-c1nc2ccccc2[nH]1. The monoisotopic (exact) mass is 500 g/mol. The molecule has 2 bridgehead atoms. The molecule has 4 aliphatic heterocycles. The molecule has 0 aliphatic carbocycles. The number of rotatable bonds is 4. The molecule has 37 heavy (non-hydrogen) atoms. The van der Waals surface area contributed by atoms with E-state index >= 15 is 4.39 Å². The lowest BCUT2D eigenvalue weighted by Gasteiger charge is -2.45. The molecule has 1 atom stereocenters. The number of hydrogen-bond acceptors (Lipinski definition) is 5. The number of hydrogen-bond donors (Lipinski definition) is 3. The Morgan fingerprint density at radius 1 is 0.946 bits per heavy atom. The first-order valence-electron chi connectivity index (χ1n) is 13.7. The van der Waals surface area contributed by atoms with E-state index in [1.165, 1.54) is 12.8 Å². The Kier molecular flexibility index (Phi) is 5.65. The number of halogens is 1. The first-order chi connectivity index (χ1) is 18.1. The molecule has 0 spiro atoms. The number of pyridine rings is 1. The average Bonchev–Trinajstić information content (AvgIpc) is 3.15. The van der Waals surface area contributed by atoms with E-state index in [-0.39, 0.29) is 17.4 Å². The van der Waals surface area contributed by atoms with Crippen LogP contribution in [0.15, 0.2) is 41.2 Å². The fourth-order valence-electron chi connectivity index (χ4n) is 6.62. The fourth-order valence-corrected chi connectivity index (χ4v) is 6.62. The van der Waals surface area contributed by atoms with E-state index in [1.807, 2.05) is 30.3 Å². The normalized spacial score (nSPS) is 24.0. The number of anilines is 2. The zero-order valence-corrected chi connectivity index (χ0v) is 21.0. The maximum absolute atomic E-state index is 15.8. The summed E-state index contributed by atoms with van der Waals surface area (Å²) in [5.74, 6) is 0.808. The van der Waals surface area contributed by atoms with E-state index in [0.29, 0.717) is 39.6 Å². The lowest BCUT2D eigenvalue weighted by atomic mass is 9.83. The van der Waals surface area contributed by atoms with Crippen molar-refractivity contribution in [2.24, 2.45) is 5.92 Å². The van der Waals surface area contributed by atoms with E-state index in [1.54, 1.807) is 6.07 Å². The van der Waals surface area contributed by atoms with Gasteiger partial charge in [-0.3, -0.25) is 4.79 Å². The lowest BCUT2D eigenvalue weighted by Crippen LogP contribution is -2.53. The van der Waals surface area contributed by atoms with Crippen LogP contribution in [0, 0.1) is 11.7 Å². The second-order valence-corrected chi connectivity index (χ2v) is 10.9. The molecule has 3 N–H and O–H groups in total. The minimum Gasteiger partial charge on any atom is -0.379 e. The van der Waals surface area contributed by atoms with Gasteiger partial charge in [-0.2, -0.15) is 0 Å². The molecular weight excluding hydrogens is 467 g/mol. The van der Waals surface area contributed by atoms with Crippen LogP contribution in [0.3, 0.4) is 0 Å². The number of aromatic amines is 2. The molecule has 4 aromatic rings. The Morgan fingerprint density at radius 3 is 2.46 bits per heavy atom. The van der Waals surface area contributed by atoms with Gasteiger partial charge in [-0.05, 0) is 69.0 Å². The minimum atomic E-state index is -0.242. The number of nitrogens with zero attached hydrogens (tertiary/aromatic N) is 3. The second kappa shape index (κ2) is 9.17. The lowest BCUT2D eigenvalue weighted by molar-refractivity contribution is 0.0976. The highest BCUT2D eigenvalue weighted by atomic mass is 19.1. The standard InChI is InChI=1S/C29H33FN6O/c30-20-15-19-23(16-25(20)36-11-5-1-2-6-12-36)34-29(37)26(28-32-21-7-3-4-8-22(21)33-28)27(19)31-24-17-35-13-9-18(24)10-14-35/h3-4,7-8,15-16,18,24H,1-2,5-6,9-14,17H2,(H,32,33)(H2,31,34,37)/t24-/m1/s1. The summed E-state index contributed by atoms with van der Waals surface area (Å²) in [4.78, 5) is 29.5. The summed E-state index contributed by atoms with van der Waals surface area (Å²) in [5.41, 5.74) is 3.82. The number of nitrogens with one attached hydrogen (secondary N) is 3. The molecule has 4 fully saturated rings. The molecular formula is C29H33FN6O. The maximum Gasteiger partial charge on any atom is 0.261 e. The zero-order valence-electron chi connectivity index (χ0n) is 21.0. The third-order valence-corrected chi connectivity index (χ3v) is 8.64. The zero-order chi connectivity index (χ0) is 24.9. The highest BCUT2D eigenvalue weighted by molar-refractivity contribution is 6.00. The molecule has 2 aromatic heterocycles. The van der Waals surface area contributed by atoms with Crippen molar-refractivity contribution >= 4 is 33.3 Å². The van der Waals surface area contributed by atoms with E-state index in [4.69, 9.17) is 4.98 Å². The van der Waals surface area contributed by atoms with Crippen LogP contribution in [0.25, 0.3) is 33.3 Å². The van der Waals surface area contributed by atoms with Gasteiger partial charge in [0.05, 0.1) is 27.9 Å². The third kappa shape index (κ3) is 4.07. The van der Waals surface area contributed by atoms with Crippen molar-refractivity contribution in [3.63, 3.8) is 0 Å². The van der Waals surface area contributed by atoms with Crippen LogP contribution in [0.4, 0.5) is 15.8 Å². The molecule has 0 saturated carbocycles. The molecule has 0 unspecified atom stereocenters. The highest BCUT2D eigenvalue weighted by Gasteiger charge is 2.35. The highest BCUT2D eigenvalue weighted by Crippen LogP contribution is 2.37. The molecule has 4 saturated heterocycles. The van der Waals surface area contributed by atoms with Gasteiger partial charge in [0.25, 0.3) is 5.56 Å². The largest absolute Gasteiger partial charge is 0.379 e. The number of para-hydroxylation sites is 2. The van der Waals surface area contributed by atoms with Crippen LogP contribution < -0.4 is 15.8 Å². The fraction of sp³-hybridized carbons (Fsp3) is 0.448. The smallest absolute Gasteiger partial charge is 0.261 e. The first kappa shape index (κ1) is 22.8. The van der Waals surface area contributed by atoms with Crippen LogP contribution >= 0.6 is 0 Å². The van der Waals surface area contributed by atoms with Crippen LogP contribution in [0.1, 0.15) is 38.5 Å². The molecule has 0 amide bonds.